The van der Waals surface area contributed by atoms with Crippen LogP contribution in [0.15, 0.2) is 24.3 Å². The van der Waals surface area contributed by atoms with E-state index in [1.807, 2.05) is 6.92 Å². The number of amides is 2. The van der Waals surface area contributed by atoms with Gasteiger partial charge in [0.2, 0.25) is 11.8 Å². The van der Waals surface area contributed by atoms with Crippen molar-refractivity contribution in [3.63, 3.8) is 0 Å². The smallest absolute Gasteiger partial charge is 0.408 e. The van der Waals surface area contributed by atoms with Crippen LogP contribution in [-0.2, 0) is 20.2 Å². The fourth-order valence-corrected chi connectivity index (χ4v) is 6.22. The SMILES string of the molecule is CC[C@@H]1[C@@H]2CN(C(=O)[C@H](C(C)(C)C)NC(=O)O[C@@H]3C[C@H]3CCCCC(F)(F)c3cc4ccc(F)cc4nc3O2)[C@@H]1C=O. The van der Waals surface area contributed by atoms with Crippen molar-refractivity contribution in [1.82, 2.24) is 15.2 Å². The van der Waals surface area contributed by atoms with Crippen LogP contribution >= 0.6 is 0 Å². The number of pyridine rings is 1. The van der Waals surface area contributed by atoms with Crippen LogP contribution in [0.25, 0.3) is 10.9 Å². The van der Waals surface area contributed by atoms with Crippen LogP contribution < -0.4 is 10.1 Å². The first kappa shape index (κ1) is 30.1. The molecule has 2 fully saturated rings. The van der Waals surface area contributed by atoms with Gasteiger partial charge < -0.3 is 24.5 Å². The molecule has 5 rings (SSSR count). The Balaban J connectivity index is 1.57. The second-order valence-corrected chi connectivity index (χ2v) is 12.9. The van der Waals surface area contributed by atoms with Crippen LogP contribution in [0.1, 0.15) is 71.8 Å². The lowest BCUT2D eigenvalue weighted by Gasteiger charge is -2.34. The third-order valence-corrected chi connectivity index (χ3v) is 8.76. The minimum absolute atomic E-state index is 0.0762. The molecule has 2 aromatic rings. The van der Waals surface area contributed by atoms with Gasteiger partial charge in [0.25, 0.3) is 5.92 Å². The van der Waals surface area contributed by atoms with Gasteiger partial charge in [-0.05, 0) is 55.2 Å². The summed E-state index contributed by atoms with van der Waals surface area (Å²) in [5.41, 5.74) is -0.974. The van der Waals surface area contributed by atoms with Gasteiger partial charge >= 0.3 is 6.09 Å². The van der Waals surface area contributed by atoms with Crippen molar-refractivity contribution in [2.24, 2.45) is 17.3 Å². The quantitative estimate of drug-likeness (QED) is 0.448. The summed E-state index contributed by atoms with van der Waals surface area (Å²) in [5.74, 6) is -5.14. The van der Waals surface area contributed by atoms with Gasteiger partial charge in [0.15, 0.2) is 0 Å². The highest BCUT2D eigenvalue weighted by atomic mass is 19.3. The number of carbonyl (C=O) groups is 3. The summed E-state index contributed by atoms with van der Waals surface area (Å²) in [7, 11) is 0. The second-order valence-electron chi connectivity index (χ2n) is 12.9. The molecule has 42 heavy (non-hydrogen) atoms. The largest absolute Gasteiger partial charge is 0.472 e. The van der Waals surface area contributed by atoms with Gasteiger partial charge in [0.05, 0.1) is 23.7 Å². The molecule has 6 atom stereocenters. The van der Waals surface area contributed by atoms with Gasteiger partial charge in [0.1, 0.15) is 30.4 Å². The Kier molecular flexibility index (Phi) is 8.15. The standard InChI is InChI=1S/C31H38F3N3O5/c1-5-20-23(16-38)37-15-25(20)41-27-21(12-17-9-10-19(32)14-22(17)35-27)31(33,34)11-7-6-8-18-13-24(18)42-29(40)36-26(28(37)39)30(2,3)4/h9-10,12,14,16,18,20,23-26H,5-8,11,13,15H2,1-4H3,(H,36,40)/t18-,20+,23-,24-,25+,26-/m1/s1. The molecular weight excluding hydrogens is 551 g/mol. The average Bonchev–Trinajstić information content (AvgIpc) is 3.55. The van der Waals surface area contributed by atoms with E-state index in [0.717, 1.165) is 6.07 Å². The van der Waals surface area contributed by atoms with Crippen molar-refractivity contribution in [3.05, 3.63) is 35.6 Å². The molecule has 2 aliphatic heterocycles. The van der Waals surface area contributed by atoms with Crippen LogP contribution in [-0.4, -0.2) is 59.0 Å². The number of hydrogen-bond donors (Lipinski definition) is 1. The van der Waals surface area contributed by atoms with E-state index < -0.39 is 65.2 Å². The number of alkyl halides is 2. The van der Waals surface area contributed by atoms with E-state index in [4.69, 9.17) is 9.47 Å². The predicted molar refractivity (Wildman–Crippen MR) is 149 cm³/mol. The maximum atomic E-state index is 15.8. The van der Waals surface area contributed by atoms with Crippen molar-refractivity contribution in [2.45, 2.75) is 96.4 Å². The van der Waals surface area contributed by atoms with Gasteiger partial charge in [-0.25, -0.2) is 22.9 Å². The molecular formula is C31H38F3N3O5. The summed E-state index contributed by atoms with van der Waals surface area (Å²) in [4.78, 5) is 44.8. The Morgan fingerprint density at radius 1 is 1.14 bits per heavy atom. The lowest BCUT2D eigenvalue weighted by Crippen LogP contribution is -2.56. The average molecular weight is 590 g/mol. The van der Waals surface area contributed by atoms with E-state index in [2.05, 4.69) is 10.3 Å². The Bertz CT molecular complexity index is 1360. The fourth-order valence-electron chi connectivity index (χ4n) is 6.22. The molecule has 11 heteroatoms. The molecule has 3 heterocycles. The molecule has 1 saturated heterocycles. The normalized spacial score (nSPS) is 30.2. The van der Waals surface area contributed by atoms with E-state index in [1.165, 1.54) is 23.1 Å². The number of rotatable bonds is 2. The number of aldehydes is 1. The summed E-state index contributed by atoms with van der Waals surface area (Å²) in [6.45, 7) is 7.13. The summed E-state index contributed by atoms with van der Waals surface area (Å²) >= 11 is 0. The van der Waals surface area contributed by atoms with Gasteiger partial charge in [-0.1, -0.05) is 34.1 Å². The third kappa shape index (κ3) is 6.06. The molecule has 1 aromatic heterocycles. The maximum absolute atomic E-state index is 15.8. The van der Waals surface area contributed by atoms with E-state index in [-0.39, 0.29) is 36.4 Å². The Morgan fingerprint density at radius 3 is 2.60 bits per heavy atom. The van der Waals surface area contributed by atoms with Crippen molar-refractivity contribution < 1.29 is 37.0 Å². The Labute approximate surface area is 243 Å². The van der Waals surface area contributed by atoms with Gasteiger partial charge in [0, 0.05) is 23.8 Å². The van der Waals surface area contributed by atoms with Crippen molar-refractivity contribution in [2.75, 3.05) is 6.54 Å². The number of fused-ring (bicyclic) bond motifs is 5. The first-order valence-corrected chi connectivity index (χ1v) is 14.7. The number of nitrogens with one attached hydrogen (secondary N) is 1. The zero-order valence-electron chi connectivity index (χ0n) is 24.4. The molecule has 8 nitrogen and oxygen atoms in total. The summed E-state index contributed by atoms with van der Waals surface area (Å²) in [6, 6.07) is 3.12. The minimum atomic E-state index is -3.30. The molecule has 1 aliphatic carbocycles. The molecule has 0 radical (unpaired) electrons. The van der Waals surface area contributed by atoms with E-state index in [1.54, 1.807) is 20.8 Å². The van der Waals surface area contributed by atoms with Crippen molar-refractivity contribution in [3.8, 4) is 5.88 Å². The molecule has 0 spiro atoms. The number of halogens is 3. The first-order valence-electron chi connectivity index (χ1n) is 14.7. The highest BCUT2D eigenvalue weighted by molar-refractivity contribution is 5.89. The van der Waals surface area contributed by atoms with Crippen LogP contribution in [0.4, 0.5) is 18.0 Å². The second kappa shape index (κ2) is 11.4. The van der Waals surface area contributed by atoms with Gasteiger partial charge in [-0.3, -0.25) is 4.79 Å². The highest BCUT2D eigenvalue weighted by Crippen LogP contribution is 2.43. The highest BCUT2D eigenvalue weighted by Gasteiger charge is 2.49. The monoisotopic (exact) mass is 589 g/mol. The molecule has 2 bridgehead atoms. The third-order valence-electron chi connectivity index (χ3n) is 8.76. The van der Waals surface area contributed by atoms with Gasteiger partial charge in [-0.15, -0.1) is 0 Å². The lowest BCUT2D eigenvalue weighted by molar-refractivity contribution is -0.139. The number of nitrogens with zero attached hydrogens (tertiary/aromatic N) is 2. The Hall–Kier alpha value is -3.37. The number of carbonyl (C=O) groups excluding carboxylic acids is 3. The van der Waals surface area contributed by atoms with Crippen molar-refractivity contribution in [1.29, 1.82) is 0 Å². The van der Waals surface area contributed by atoms with E-state index in [0.29, 0.717) is 37.4 Å². The van der Waals surface area contributed by atoms with E-state index >= 15 is 8.78 Å². The zero-order valence-corrected chi connectivity index (χ0v) is 24.4. The summed E-state index contributed by atoms with van der Waals surface area (Å²) < 4.78 is 57.4. The number of aromatic nitrogens is 1. The van der Waals surface area contributed by atoms with E-state index in [9.17, 15) is 18.8 Å². The fraction of sp³-hybridized carbons (Fsp3) is 0.613. The Morgan fingerprint density at radius 2 is 1.90 bits per heavy atom. The summed E-state index contributed by atoms with van der Waals surface area (Å²) in [5, 5.41) is 3.07. The molecule has 228 valence electrons. The van der Waals surface area contributed by atoms with Crippen molar-refractivity contribution >= 4 is 29.2 Å². The van der Waals surface area contributed by atoms with Crippen LogP contribution in [0.5, 0.6) is 5.88 Å². The van der Waals surface area contributed by atoms with Crippen LogP contribution in [0.2, 0.25) is 0 Å². The molecule has 2 amide bonds. The van der Waals surface area contributed by atoms with Gasteiger partial charge in [-0.2, -0.15) is 0 Å². The first-order chi connectivity index (χ1) is 19.8. The molecule has 1 saturated carbocycles. The summed E-state index contributed by atoms with van der Waals surface area (Å²) in [6.07, 6.45) is 0.734. The molecule has 3 aliphatic rings. The maximum Gasteiger partial charge on any atom is 0.408 e. The lowest BCUT2D eigenvalue weighted by atomic mass is 9.85. The molecule has 0 unspecified atom stereocenters. The predicted octanol–water partition coefficient (Wildman–Crippen LogP) is 5.75. The zero-order chi connectivity index (χ0) is 30.4. The molecule has 1 aromatic carbocycles. The minimum Gasteiger partial charge on any atom is -0.472 e. The topological polar surface area (TPSA) is 97.8 Å². The van der Waals surface area contributed by atoms with Crippen LogP contribution in [0, 0.1) is 23.1 Å². The molecule has 1 N–H and O–H groups in total. The number of benzene rings is 1. The number of alkyl carbamates (subject to hydrolysis) is 1. The number of hydrogen-bond acceptors (Lipinski definition) is 6. The number of ether oxygens (including phenoxy) is 2. The van der Waals surface area contributed by atoms with Crippen LogP contribution in [0.3, 0.4) is 0 Å².